The summed E-state index contributed by atoms with van der Waals surface area (Å²) < 4.78 is 13.8. The molecule has 4 atom stereocenters. The van der Waals surface area contributed by atoms with E-state index >= 15 is 0 Å². The van der Waals surface area contributed by atoms with Gasteiger partial charge in [-0.15, -0.1) is 0 Å². The maximum Gasteiger partial charge on any atom is 0.251 e. The van der Waals surface area contributed by atoms with Gasteiger partial charge in [-0.25, -0.2) is 0 Å². The van der Waals surface area contributed by atoms with Gasteiger partial charge in [0.1, 0.15) is 6.26 Å². The molecule has 0 aliphatic carbocycles. The van der Waals surface area contributed by atoms with E-state index in [9.17, 15) is 18.9 Å². The minimum Gasteiger partial charge on any atom is -0.593 e. The maximum atomic E-state index is 13.6. The molecule has 1 aliphatic rings. The van der Waals surface area contributed by atoms with E-state index in [-0.39, 0.29) is 34.9 Å². The van der Waals surface area contributed by atoms with Crippen LogP contribution in [0.5, 0.6) is 0 Å². The van der Waals surface area contributed by atoms with Crippen LogP contribution in [-0.4, -0.2) is 54.1 Å². The predicted octanol–water partition coefficient (Wildman–Crippen LogP) is 3.57. The second-order valence-electron chi connectivity index (χ2n) is 10.1. The first kappa shape index (κ1) is 29.3. The van der Waals surface area contributed by atoms with E-state index in [0.29, 0.717) is 12.1 Å². The molecule has 9 heteroatoms. The van der Waals surface area contributed by atoms with Gasteiger partial charge in [0, 0.05) is 11.1 Å². The zero-order chi connectivity index (χ0) is 28.6. The molecule has 0 bridgehead atoms. The summed E-state index contributed by atoms with van der Waals surface area (Å²) in [7, 11) is 1.63. The van der Waals surface area contributed by atoms with E-state index in [1.165, 1.54) is 16.6 Å². The fourth-order valence-corrected chi connectivity index (χ4v) is 5.20. The highest BCUT2D eigenvalue weighted by atomic mass is 32.2. The van der Waals surface area contributed by atoms with Gasteiger partial charge in [0.05, 0.1) is 42.2 Å². The van der Waals surface area contributed by atoms with Crippen molar-refractivity contribution >= 4 is 34.6 Å². The van der Waals surface area contributed by atoms with Gasteiger partial charge < -0.3 is 20.5 Å². The summed E-state index contributed by atoms with van der Waals surface area (Å²) in [6.07, 6.45) is 3.51. The van der Waals surface area contributed by atoms with Crippen LogP contribution in [-0.2, 0) is 22.6 Å². The number of carbonyl (C=O) groups excluding carboxylic acids is 3. The Balaban J connectivity index is 1.61. The van der Waals surface area contributed by atoms with Crippen molar-refractivity contribution in [3.05, 3.63) is 101 Å². The highest BCUT2D eigenvalue weighted by Gasteiger charge is 2.31. The zero-order valence-corrected chi connectivity index (χ0v) is 23.9. The van der Waals surface area contributed by atoms with Gasteiger partial charge in [0.2, 0.25) is 0 Å². The highest BCUT2D eigenvalue weighted by molar-refractivity contribution is 7.92. The molecule has 1 heterocycles. The van der Waals surface area contributed by atoms with E-state index in [1.807, 2.05) is 67.6 Å². The lowest BCUT2D eigenvalue weighted by Crippen LogP contribution is -2.49. The molecule has 2 amide bonds. The normalized spacial score (nSPS) is 16.9. The summed E-state index contributed by atoms with van der Waals surface area (Å²) >= 11 is -1.38. The molecular formula is C31H36N4O4S. The van der Waals surface area contributed by atoms with Gasteiger partial charge in [0.25, 0.3) is 11.8 Å². The minimum absolute atomic E-state index is 0.0627. The van der Waals surface area contributed by atoms with Crippen LogP contribution in [0.25, 0.3) is 0 Å². The molecule has 0 radical (unpaired) electrons. The van der Waals surface area contributed by atoms with Crippen molar-refractivity contribution in [1.82, 2.24) is 16.0 Å². The van der Waals surface area contributed by atoms with Crippen molar-refractivity contribution in [2.45, 2.75) is 44.3 Å². The number of hydrogen-bond donors (Lipinski definition) is 3. The molecule has 1 fully saturated rings. The Morgan fingerprint density at radius 1 is 0.975 bits per heavy atom. The summed E-state index contributed by atoms with van der Waals surface area (Å²) in [5.41, 5.74) is 2.79. The Hall–Kier alpha value is -3.66. The lowest BCUT2D eigenvalue weighted by molar-refractivity contribution is -0.122. The molecule has 1 aliphatic heterocycles. The van der Waals surface area contributed by atoms with E-state index < -0.39 is 23.3 Å². The number of carbonyl (C=O) groups is 3. The largest absolute Gasteiger partial charge is 0.593 e. The quantitative estimate of drug-likeness (QED) is 0.309. The molecule has 4 unspecified atom stereocenters. The van der Waals surface area contributed by atoms with Gasteiger partial charge >= 0.3 is 0 Å². The smallest absolute Gasteiger partial charge is 0.251 e. The van der Waals surface area contributed by atoms with Gasteiger partial charge in [-0.1, -0.05) is 60.7 Å². The summed E-state index contributed by atoms with van der Waals surface area (Å²) in [6, 6.07) is 22.5. The molecule has 3 aromatic carbocycles. The number of benzene rings is 3. The predicted molar refractivity (Wildman–Crippen MR) is 159 cm³/mol. The van der Waals surface area contributed by atoms with Gasteiger partial charge in [-0.05, 0) is 62.1 Å². The summed E-state index contributed by atoms with van der Waals surface area (Å²) in [6.45, 7) is 2.65. The molecule has 0 spiro atoms. The van der Waals surface area contributed by atoms with Crippen molar-refractivity contribution in [2.75, 3.05) is 24.2 Å². The van der Waals surface area contributed by atoms with Crippen molar-refractivity contribution < 1.29 is 18.9 Å². The summed E-state index contributed by atoms with van der Waals surface area (Å²) in [5.74, 6) is -0.906. The molecule has 3 N–H and O–H groups in total. The van der Waals surface area contributed by atoms with Crippen LogP contribution in [0.15, 0.2) is 78.9 Å². The molecule has 8 nitrogen and oxygen atoms in total. The number of amides is 2. The van der Waals surface area contributed by atoms with Crippen LogP contribution in [0.1, 0.15) is 57.7 Å². The monoisotopic (exact) mass is 560 g/mol. The number of Topliss-reactive ketones (excluding diaryl/α,β-unsaturated/α-hetero) is 1. The molecule has 0 aromatic heterocycles. The Bertz CT molecular complexity index is 1310. The van der Waals surface area contributed by atoms with Gasteiger partial charge in [-0.2, -0.15) is 4.31 Å². The molecule has 1 saturated heterocycles. The van der Waals surface area contributed by atoms with Crippen LogP contribution in [0.4, 0.5) is 5.69 Å². The first-order valence-corrected chi connectivity index (χ1v) is 14.9. The second kappa shape index (κ2) is 13.6. The molecule has 210 valence electrons. The third-order valence-electron chi connectivity index (χ3n) is 7.17. The lowest BCUT2D eigenvalue weighted by atomic mass is 9.96. The van der Waals surface area contributed by atoms with Crippen LogP contribution in [0.2, 0.25) is 0 Å². The van der Waals surface area contributed by atoms with Crippen molar-refractivity contribution in [3.8, 4) is 0 Å². The number of hydrogen-bond acceptors (Lipinski definition) is 6. The average Bonchev–Trinajstić information content (AvgIpc) is 3.52. The van der Waals surface area contributed by atoms with E-state index in [0.717, 1.165) is 30.5 Å². The number of rotatable bonds is 11. The third-order valence-corrected chi connectivity index (χ3v) is 8.16. The van der Waals surface area contributed by atoms with E-state index in [1.54, 1.807) is 19.2 Å². The van der Waals surface area contributed by atoms with E-state index in [4.69, 9.17) is 0 Å². The lowest BCUT2D eigenvalue weighted by Gasteiger charge is -2.23. The van der Waals surface area contributed by atoms with Crippen molar-refractivity contribution in [2.24, 2.45) is 0 Å². The zero-order valence-electron chi connectivity index (χ0n) is 23.1. The molecule has 3 aromatic rings. The molecule has 40 heavy (non-hydrogen) atoms. The third kappa shape index (κ3) is 7.50. The van der Waals surface area contributed by atoms with Gasteiger partial charge in [0.15, 0.2) is 5.78 Å². The maximum absolute atomic E-state index is 13.6. The summed E-state index contributed by atoms with van der Waals surface area (Å²) in [4.78, 5) is 40.3. The molecule has 0 saturated carbocycles. The number of nitrogens with zero attached hydrogens (tertiary/aromatic N) is 1. The van der Waals surface area contributed by atoms with Crippen molar-refractivity contribution in [1.29, 1.82) is 0 Å². The Labute approximate surface area is 238 Å². The Morgan fingerprint density at radius 3 is 2.15 bits per heavy atom. The number of ketones is 1. The first-order valence-electron chi connectivity index (χ1n) is 13.4. The van der Waals surface area contributed by atoms with Crippen LogP contribution in [0.3, 0.4) is 0 Å². The average molecular weight is 561 g/mol. The Morgan fingerprint density at radius 2 is 1.57 bits per heavy atom. The van der Waals surface area contributed by atoms with Crippen LogP contribution >= 0.6 is 0 Å². The topological polar surface area (TPSA) is 114 Å². The Kier molecular flexibility index (Phi) is 9.98. The minimum atomic E-state index is -1.38. The number of anilines is 1. The second-order valence-corrected chi connectivity index (χ2v) is 11.5. The van der Waals surface area contributed by atoms with Gasteiger partial charge in [-0.3, -0.25) is 14.4 Å². The molecule has 4 rings (SSSR count). The first-order chi connectivity index (χ1) is 19.2. The standard InChI is InChI=1S/C31H36N4O4S/c1-21(23-13-8-5-9-14-23)33-30(37)24-18-25(20-26(19-24)35(2)40(3)39)31(38)34-28(17-22-11-6-4-7-12-22)29(36)27-15-10-16-32-27/h4-9,11-14,18-21,27-28,32H,10,15-17H2,1-3H3,(H,33,37)(H,34,38). The number of nitrogens with one attached hydrogen (secondary N) is 3. The fourth-order valence-electron chi connectivity index (χ4n) is 4.79. The van der Waals surface area contributed by atoms with Crippen LogP contribution < -0.4 is 20.3 Å². The fraction of sp³-hybridized carbons (Fsp3) is 0.323. The SMILES string of the molecule is CC(NC(=O)c1cc(C(=O)NC(Cc2ccccc2)C(=O)C2CCCN2)cc(N(C)[S+](C)[O-])c1)c1ccccc1. The summed E-state index contributed by atoms with van der Waals surface area (Å²) in [5, 5.41) is 9.14. The van der Waals surface area contributed by atoms with E-state index in [2.05, 4.69) is 16.0 Å². The van der Waals surface area contributed by atoms with Crippen LogP contribution in [0, 0.1) is 0 Å². The molecular weight excluding hydrogens is 524 g/mol. The highest BCUT2D eigenvalue weighted by Crippen LogP contribution is 2.22. The van der Waals surface area contributed by atoms with Crippen molar-refractivity contribution in [3.63, 3.8) is 0 Å².